The molecule has 2 aromatic carbocycles. The molecule has 2 aliphatic heterocycles. The Labute approximate surface area is 188 Å². The summed E-state index contributed by atoms with van der Waals surface area (Å²) in [7, 11) is -3.90. The highest BCUT2D eigenvalue weighted by Gasteiger charge is 2.46. The van der Waals surface area contributed by atoms with Crippen LogP contribution >= 0.6 is 0 Å². The Balaban J connectivity index is 1.61. The molecule has 32 heavy (non-hydrogen) atoms. The maximum atomic E-state index is 13.8. The third kappa shape index (κ3) is 3.36. The second-order valence-electron chi connectivity index (χ2n) is 9.20. The fraction of sp³-hybridized carbons (Fsp3) is 0.458. The summed E-state index contributed by atoms with van der Waals surface area (Å²) in [5, 5.41) is 5.33. The van der Waals surface area contributed by atoms with E-state index in [1.54, 1.807) is 6.07 Å². The molecule has 8 heteroatoms. The van der Waals surface area contributed by atoms with Gasteiger partial charge in [-0.15, -0.1) is 0 Å². The van der Waals surface area contributed by atoms with Gasteiger partial charge in [-0.3, -0.25) is 4.79 Å². The number of carbonyl (C=O) groups excluding carboxylic acids is 1. The molecule has 1 fully saturated rings. The van der Waals surface area contributed by atoms with E-state index in [9.17, 15) is 13.2 Å². The van der Waals surface area contributed by atoms with Crippen LogP contribution in [0.1, 0.15) is 65.7 Å². The Morgan fingerprint density at radius 2 is 1.75 bits per heavy atom. The summed E-state index contributed by atoms with van der Waals surface area (Å²) in [6.45, 7) is 5.48. The van der Waals surface area contributed by atoms with Crippen LogP contribution in [-0.2, 0) is 15.4 Å². The first kappa shape index (κ1) is 21.3. The topological polar surface area (TPSA) is 98.9 Å². The average Bonchev–Trinajstić information content (AvgIpc) is 3.24. The zero-order chi connectivity index (χ0) is 22.7. The monoisotopic (exact) mass is 456 g/mol. The fourth-order valence-electron chi connectivity index (χ4n) is 5.52. The number of primary sulfonamides is 1. The lowest BCUT2D eigenvalue weighted by atomic mass is 9.71. The SMILES string of the molecule is Cc1ccc(S(N)(=O)=O)cc1C(=O)N1CC2(CCCC2)c2cc3c(cc2[C@H]1C)OCCO3. The molecule has 170 valence electrons. The van der Waals surface area contributed by atoms with Crippen LogP contribution in [-0.4, -0.2) is 39.0 Å². The first-order valence-electron chi connectivity index (χ1n) is 11.1. The van der Waals surface area contributed by atoms with Gasteiger partial charge >= 0.3 is 0 Å². The van der Waals surface area contributed by atoms with E-state index in [0.717, 1.165) is 48.3 Å². The minimum absolute atomic E-state index is 0.0493. The van der Waals surface area contributed by atoms with Crippen LogP contribution in [0.25, 0.3) is 0 Å². The Hall–Kier alpha value is -2.58. The van der Waals surface area contributed by atoms with E-state index in [1.165, 1.54) is 17.7 Å². The average molecular weight is 457 g/mol. The molecule has 1 spiro atoms. The number of hydrogen-bond acceptors (Lipinski definition) is 5. The Morgan fingerprint density at radius 1 is 1.09 bits per heavy atom. The number of hydrogen-bond donors (Lipinski definition) is 1. The minimum atomic E-state index is -3.90. The molecule has 2 heterocycles. The van der Waals surface area contributed by atoms with E-state index in [2.05, 4.69) is 6.07 Å². The highest BCUT2D eigenvalue weighted by Crippen LogP contribution is 2.52. The summed E-state index contributed by atoms with van der Waals surface area (Å²) >= 11 is 0. The van der Waals surface area contributed by atoms with Crippen molar-refractivity contribution >= 4 is 15.9 Å². The molecule has 0 radical (unpaired) electrons. The molecular formula is C24H28N2O5S. The van der Waals surface area contributed by atoms with Crippen LogP contribution < -0.4 is 14.6 Å². The van der Waals surface area contributed by atoms with Crippen molar-refractivity contribution in [2.24, 2.45) is 5.14 Å². The summed E-state index contributed by atoms with van der Waals surface area (Å²) in [5.74, 6) is 1.33. The summed E-state index contributed by atoms with van der Waals surface area (Å²) in [6.07, 6.45) is 4.24. The molecule has 2 aromatic rings. The van der Waals surface area contributed by atoms with Crippen LogP contribution in [0.15, 0.2) is 35.2 Å². The smallest absolute Gasteiger partial charge is 0.254 e. The number of carbonyl (C=O) groups is 1. The van der Waals surface area contributed by atoms with E-state index in [0.29, 0.717) is 25.3 Å². The van der Waals surface area contributed by atoms with Gasteiger partial charge < -0.3 is 14.4 Å². The van der Waals surface area contributed by atoms with Gasteiger partial charge in [-0.25, -0.2) is 13.6 Å². The maximum Gasteiger partial charge on any atom is 0.254 e. The van der Waals surface area contributed by atoms with Gasteiger partial charge in [-0.05, 0) is 67.6 Å². The van der Waals surface area contributed by atoms with Crippen molar-refractivity contribution in [2.75, 3.05) is 19.8 Å². The Kier molecular flexibility index (Phi) is 4.98. The first-order valence-corrected chi connectivity index (χ1v) is 12.6. The molecule has 3 aliphatic rings. The van der Waals surface area contributed by atoms with Crippen LogP contribution in [0.2, 0.25) is 0 Å². The molecular weight excluding hydrogens is 428 g/mol. The van der Waals surface area contributed by atoms with Gasteiger partial charge in [0.25, 0.3) is 5.91 Å². The van der Waals surface area contributed by atoms with Gasteiger partial charge in [0.05, 0.1) is 10.9 Å². The molecule has 1 atom stereocenters. The number of ether oxygens (including phenoxy) is 2. The number of sulfonamides is 1. The van der Waals surface area contributed by atoms with Crippen molar-refractivity contribution in [3.8, 4) is 11.5 Å². The molecule has 0 aromatic heterocycles. The number of aryl methyl sites for hydroxylation is 1. The van der Waals surface area contributed by atoms with Crippen LogP contribution in [0, 0.1) is 6.92 Å². The summed E-state index contributed by atoms with van der Waals surface area (Å²) in [6, 6.07) is 8.46. The number of benzene rings is 2. The second-order valence-corrected chi connectivity index (χ2v) is 10.8. The molecule has 0 unspecified atom stereocenters. The van der Waals surface area contributed by atoms with Crippen molar-refractivity contribution < 1.29 is 22.7 Å². The number of nitrogens with two attached hydrogens (primary N) is 1. The fourth-order valence-corrected chi connectivity index (χ4v) is 6.06. The highest BCUT2D eigenvalue weighted by molar-refractivity contribution is 7.89. The van der Waals surface area contributed by atoms with Gasteiger partial charge in [-0.2, -0.15) is 0 Å². The van der Waals surface area contributed by atoms with E-state index in [4.69, 9.17) is 14.6 Å². The molecule has 0 saturated heterocycles. The molecule has 1 saturated carbocycles. The van der Waals surface area contributed by atoms with E-state index in [1.807, 2.05) is 24.8 Å². The van der Waals surface area contributed by atoms with E-state index in [-0.39, 0.29) is 22.3 Å². The second kappa shape index (κ2) is 7.49. The standard InChI is InChI=1S/C24H28N2O5S/c1-15-5-6-17(32(25,28)29)11-18(15)23(27)26-14-24(7-3-4-8-24)20-13-22-21(30-9-10-31-22)12-19(20)16(26)2/h5-6,11-13,16H,3-4,7-10,14H2,1-2H3,(H2,25,28,29)/t16-/m1/s1. The van der Waals surface area contributed by atoms with E-state index < -0.39 is 10.0 Å². The van der Waals surface area contributed by atoms with Gasteiger partial charge in [0.2, 0.25) is 10.0 Å². The minimum Gasteiger partial charge on any atom is -0.486 e. The van der Waals surface area contributed by atoms with Crippen molar-refractivity contribution in [3.63, 3.8) is 0 Å². The third-order valence-electron chi connectivity index (χ3n) is 7.27. The zero-order valence-electron chi connectivity index (χ0n) is 18.4. The largest absolute Gasteiger partial charge is 0.486 e. The number of amides is 1. The predicted molar refractivity (Wildman–Crippen MR) is 120 cm³/mol. The van der Waals surface area contributed by atoms with Gasteiger partial charge in [0.15, 0.2) is 11.5 Å². The lowest BCUT2D eigenvalue weighted by Crippen LogP contribution is -2.48. The molecule has 1 aliphatic carbocycles. The summed E-state index contributed by atoms with van der Waals surface area (Å²) in [4.78, 5) is 15.6. The third-order valence-corrected chi connectivity index (χ3v) is 8.18. The van der Waals surface area contributed by atoms with Crippen molar-refractivity contribution in [1.82, 2.24) is 4.90 Å². The van der Waals surface area contributed by atoms with Crippen molar-refractivity contribution in [3.05, 3.63) is 52.6 Å². The number of fused-ring (bicyclic) bond motifs is 3. The summed E-state index contributed by atoms with van der Waals surface area (Å²) in [5.41, 5.74) is 3.31. The van der Waals surface area contributed by atoms with Crippen LogP contribution in [0.3, 0.4) is 0 Å². The first-order chi connectivity index (χ1) is 15.2. The molecule has 5 rings (SSSR count). The lowest BCUT2D eigenvalue weighted by molar-refractivity contribution is 0.0592. The maximum absolute atomic E-state index is 13.8. The number of nitrogens with zero attached hydrogens (tertiary/aromatic N) is 1. The predicted octanol–water partition coefficient (Wildman–Crippen LogP) is 3.44. The van der Waals surface area contributed by atoms with Crippen molar-refractivity contribution in [2.45, 2.75) is 55.9 Å². The van der Waals surface area contributed by atoms with Crippen LogP contribution in [0.5, 0.6) is 11.5 Å². The Morgan fingerprint density at radius 3 is 2.41 bits per heavy atom. The number of rotatable bonds is 2. The van der Waals surface area contributed by atoms with Crippen molar-refractivity contribution in [1.29, 1.82) is 0 Å². The highest BCUT2D eigenvalue weighted by atomic mass is 32.2. The molecule has 2 N–H and O–H groups in total. The molecule has 1 amide bonds. The van der Waals surface area contributed by atoms with Gasteiger partial charge in [-0.1, -0.05) is 18.9 Å². The van der Waals surface area contributed by atoms with Gasteiger partial charge in [0, 0.05) is 17.5 Å². The zero-order valence-corrected chi connectivity index (χ0v) is 19.2. The van der Waals surface area contributed by atoms with E-state index >= 15 is 0 Å². The Bertz CT molecular complexity index is 1200. The summed E-state index contributed by atoms with van der Waals surface area (Å²) < 4.78 is 35.5. The molecule has 0 bridgehead atoms. The van der Waals surface area contributed by atoms with Gasteiger partial charge in [0.1, 0.15) is 13.2 Å². The normalized spacial score (nSPS) is 21.5. The van der Waals surface area contributed by atoms with Crippen LogP contribution in [0.4, 0.5) is 0 Å². The quantitative estimate of drug-likeness (QED) is 0.746. The molecule has 7 nitrogen and oxygen atoms in total. The lowest BCUT2D eigenvalue weighted by Gasteiger charge is -2.46.